The summed E-state index contributed by atoms with van der Waals surface area (Å²) in [6, 6.07) is 9.08. The number of benzene rings is 1. The molecule has 10 heteroatoms. The molecule has 206 valence electrons. The van der Waals surface area contributed by atoms with E-state index in [0.717, 1.165) is 42.5 Å². The molecule has 0 saturated heterocycles. The predicted molar refractivity (Wildman–Crippen MR) is 148 cm³/mol. The van der Waals surface area contributed by atoms with Crippen molar-refractivity contribution in [1.29, 1.82) is 0 Å². The Morgan fingerprint density at radius 3 is 2.43 bits per heavy atom. The number of hydrogen-bond acceptors (Lipinski definition) is 7. The smallest absolute Gasteiger partial charge is 0.348 e. The number of rotatable bonds is 13. The quantitative estimate of drug-likeness (QED) is 0.186. The Morgan fingerprint density at radius 2 is 1.76 bits per heavy atom. The molecule has 0 unspecified atom stereocenters. The van der Waals surface area contributed by atoms with Crippen LogP contribution < -0.4 is 0 Å². The molecular weight excluding hydrogens is 559 g/mol. The number of carbonyl (C=O) groups is 1. The number of esters is 1. The molecule has 0 radical (unpaired) electrons. The average molecular weight is 594 g/mol. The molecule has 4 N–H and O–H groups in total. The largest absolute Gasteiger partial charge is 0.459 e. The molecule has 1 aromatic heterocycles. The van der Waals surface area contributed by atoms with Gasteiger partial charge in [0.25, 0.3) is 0 Å². The van der Waals surface area contributed by atoms with Crippen molar-refractivity contribution in [2.24, 2.45) is 11.8 Å². The van der Waals surface area contributed by atoms with Crippen molar-refractivity contribution >= 4 is 52.1 Å². The lowest BCUT2D eigenvalue weighted by Crippen LogP contribution is -2.40. The van der Waals surface area contributed by atoms with Crippen molar-refractivity contribution in [2.75, 3.05) is 6.61 Å². The van der Waals surface area contributed by atoms with E-state index in [0.29, 0.717) is 21.3 Å². The molecule has 0 bridgehead atoms. The van der Waals surface area contributed by atoms with E-state index in [9.17, 15) is 25.2 Å². The normalized spacial score (nSPS) is 24.1. The van der Waals surface area contributed by atoms with E-state index in [1.165, 1.54) is 11.3 Å². The van der Waals surface area contributed by atoms with Gasteiger partial charge in [-0.05, 0) is 92.7 Å². The topological polar surface area (TPSA) is 107 Å². The lowest BCUT2D eigenvalue weighted by Gasteiger charge is -2.23. The van der Waals surface area contributed by atoms with Crippen LogP contribution in [-0.2, 0) is 17.6 Å². The minimum Gasteiger partial charge on any atom is -0.459 e. The molecule has 6 nitrogen and oxygen atoms in total. The van der Waals surface area contributed by atoms with Crippen molar-refractivity contribution < 1.29 is 30.0 Å². The van der Waals surface area contributed by atoms with E-state index < -0.39 is 37.0 Å². The molecule has 37 heavy (non-hydrogen) atoms. The molecule has 7 atom stereocenters. The summed E-state index contributed by atoms with van der Waals surface area (Å²) in [5, 5.41) is 41.1. The maximum Gasteiger partial charge on any atom is 0.348 e. The van der Waals surface area contributed by atoms with Gasteiger partial charge >= 0.3 is 5.97 Å². The van der Waals surface area contributed by atoms with E-state index >= 15 is 0 Å². The summed E-state index contributed by atoms with van der Waals surface area (Å²) in [6.07, 6.45) is 0.704. The molecule has 2 aromatic rings. The summed E-state index contributed by atoms with van der Waals surface area (Å²) in [7, 11) is 0. The Hall–Kier alpha value is -0.900. The third kappa shape index (κ3) is 8.80. The fourth-order valence-electron chi connectivity index (χ4n) is 4.99. The second-order valence-electron chi connectivity index (χ2n) is 9.75. The van der Waals surface area contributed by atoms with Gasteiger partial charge < -0.3 is 25.2 Å². The van der Waals surface area contributed by atoms with Crippen LogP contribution in [0.15, 0.2) is 30.3 Å². The van der Waals surface area contributed by atoms with E-state index in [1.807, 2.05) is 18.2 Å². The van der Waals surface area contributed by atoms with Crippen LogP contribution in [0.5, 0.6) is 0 Å². The molecule has 1 heterocycles. The second-order valence-corrected chi connectivity index (χ2v) is 12.4. The van der Waals surface area contributed by atoms with Gasteiger partial charge in [0.2, 0.25) is 0 Å². The van der Waals surface area contributed by atoms with Gasteiger partial charge in [-0.3, -0.25) is 0 Å². The monoisotopic (exact) mass is 592 g/mol. The van der Waals surface area contributed by atoms with Gasteiger partial charge in [-0.15, -0.1) is 22.9 Å². The molecule has 1 fully saturated rings. The van der Waals surface area contributed by atoms with E-state index in [1.54, 1.807) is 19.1 Å². The van der Waals surface area contributed by atoms with Gasteiger partial charge in [-0.2, -0.15) is 0 Å². The van der Waals surface area contributed by atoms with Crippen molar-refractivity contribution in [3.05, 3.63) is 55.7 Å². The average Bonchev–Trinajstić information content (AvgIpc) is 3.43. The Kier molecular flexibility index (Phi) is 12.0. The lowest BCUT2D eigenvalue weighted by molar-refractivity contribution is -0.0802. The molecule has 1 aromatic carbocycles. The zero-order valence-electron chi connectivity index (χ0n) is 20.7. The minimum absolute atomic E-state index is 0.0789. The van der Waals surface area contributed by atoms with Gasteiger partial charge in [0.05, 0.1) is 12.2 Å². The van der Waals surface area contributed by atoms with Crippen LogP contribution >= 0.6 is 46.1 Å². The first-order valence-electron chi connectivity index (χ1n) is 12.7. The fraction of sp³-hybridized carbons (Fsp3) is 0.593. The number of hydrogen-bond donors (Lipinski definition) is 4. The Morgan fingerprint density at radius 1 is 1.05 bits per heavy atom. The van der Waals surface area contributed by atoms with Crippen molar-refractivity contribution in [3.63, 3.8) is 0 Å². The lowest BCUT2D eigenvalue weighted by atomic mass is 9.85. The highest BCUT2D eigenvalue weighted by Crippen LogP contribution is 2.42. The number of aliphatic hydroxyl groups excluding tert-OH is 4. The molecule has 0 aliphatic heterocycles. The highest BCUT2D eigenvalue weighted by atomic mass is 35.5. The number of aliphatic hydroxyl groups is 4. The maximum atomic E-state index is 12.3. The Balaban J connectivity index is 1.47. The number of thiophene rings is 1. The molecular formula is C27H35Cl3O6S. The van der Waals surface area contributed by atoms with Crippen LogP contribution in [0.1, 0.15) is 59.1 Å². The van der Waals surface area contributed by atoms with E-state index in [4.69, 9.17) is 39.5 Å². The highest BCUT2D eigenvalue weighted by molar-refractivity contribution is 7.13. The van der Waals surface area contributed by atoms with Crippen molar-refractivity contribution in [2.45, 2.75) is 81.7 Å². The van der Waals surface area contributed by atoms with Gasteiger partial charge in [-0.25, -0.2) is 4.79 Å². The van der Waals surface area contributed by atoms with E-state index in [2.05, 4.69) is 0 Å². The number of ether oxygens (including phenoxy) is 1. The van der Waals surface area contributed by atoms with Crippen LogP contribution in [0, 0.1) is 11.8 Å². The zero-order valence-corrected chi connectivity index (χ0v) is 23.8. The van der Waals surface area contributed by atoms with Gasteiger partial charge in [0.15, 0.2) is 0 Å². The molecule has 3 rings (SSSR count). The van der Waals surface area contributed by atoms with Crippen LogP contribution in [-0.4, -0.2) is 62.8 Å². The van der Waals surface area contributed by atoms with E-state index in [-0.39, 0.29) is 23.6 Å². The molecule has 0 amide bonds. The minimum atomic E-state index is -1.37. The molecule has 1 aliphatic carbocycles. The number of carbonyl (C=O) groups excluding carboxylic acids is 1. The summed E-state index contributed by atoms with van der Waals surface area (Å²) in [5.41, 5.74) is 1.04. The molecule has 0 spiro atoms. The van der Waals surface area contributed by atoms with Crippen molar-refractivity contribution in [1.82, 2.24) is 0 Å². The standard InChI is InChI=1S/C27H35Cl3O6S/c1-2-22(31)26(34)24(33)14-36-27(35)25-9-7-18(37-25)4-3-5-19-20(23(32)13-21(19)30)8-6-15-10-16(28)12-17(29)11-15/h7,9-12,19-24,26,31-34H,2-6,8,13-14H2,1H3/t19-,20-,21-,22-,23-,24-,26+/m1/s1. The third-order valence-corrected chi connectivity index (χ3v) is 9.14. The summed E-state index contributed by atoms with van der Waals surface area (Å²) >= 11 is 20.2. The van der Waals surface area contributed by atoms with Crippen LogP contribution in [0.3, 0.4) is 0 Å². The third-order valence-electron chi connectivity index (χ3n) is 7.08. The maximum absolute atomic E-state index is 12.3. The molecule has 1 saturated carbocycles. The number of alkyl halides is 1. The van der Waals surface area contributed by atoms with Crippen LogP contribution in [0.4, 0.5) is 0 Å². The second kappa shape index (κ2) is 14.5. The Bertz CT molecular complexity index is 998. The summed E-state index contributed by atoms with van der Waals surface area (Å²) in [5.74, 6) is -0.279. The van der Waals surface area contributed by atoms with Gasteiger partial charge in [0.1, 0.15) is 23.7 Å². The Labute approximate surface area is 237 Å². The number of aryl methyl sites for hydroxylation is 2. The summed E-state index contributed by atoms with van der Waals surface area (Å²) in [4.78, 5) is 13.8. The van der Waals surface area contributed by atoms with Crippen LogP contribution in [0.25, 0.3) is 0 Å². The van der Waals surface area contributed by atoms with Crippen LogP contribution in [0.2, 0.25) is 10.0 Å². The highest BCUT2D eigenvalue weighted by Gasteiger charge is 2.40. The summed E-state index contributed by atoms with van der Waals surface area (Å²) in [6.45, 7) is 1.29. The SMILES string of the molecule is CC[C@@H](O)[C@H](O)[C@H](O)COC(=O)c1ccc(CCC[C@@H]2[C@@H](CCc3cc(Cl)cc(Cl)c3)[C@H](O)C[C@H]2Cl)s1. The summed E-state index contributed by atoms with van der Waals surface area (Å²) < 4.78 is 5.11. The fourth-order valence-corrected chi connectivity index (χ4v) is 7.00. The zero-order chi connectivity index (χ0) is 27.1. The first-order valence-corrected chi connectivity index (χ1v) is 14.7. The molecule has 1 aliphatic rings. The van der Waals surface area contributed by atoms with Gasteiger partial charge in [-0.1, -0.05) is 30.1 Å². The number of halogens is 3. The first-order chi connectivity index (χ1) is 17.6. The van der Waals surface area contributed by atoms with Crippen molar-refractivity contribution in [3.8, 4) is 0 Å². The first kappa shape index (κ1) is 30.6. The predicted octanol–water partition coefficient (Wildman–Crippen LogP) is 5.26. The van der Waals surface area contributed by atoms with Gasteiger partial charge in [0, 0.05) is 20.3 Å².